The monoisotopic (exact) mass is 650 g/mol. The van der Waals surface area contributed by atoms with Crippen LogP contribution in [0.3, 0.4) is 0 Å². The second-order valence-electron chi connectivity index (χ2n) is 10.8. The van der Waals surface area contributed by atoms with Crippen molar-refractivity contribution < 1.29 is 9.59 Å². The molecule has 6 nitrogen and oxygen atoms in total. The number of amides is 3. The van der Waals surface area contributed by atoms with Crippen LogP contribution < -0.4 is 11.1 Å². The van der Waals surface area contributed by atoms with E-state index in [0.29, 0.717) is 18.3 Å². The number of fused-ring (bicyclic) bond motifs is 2. The second-order valence-corrected chi connectivity index (χ2v) is 13.0. The zero-order valence-electron chi connectivity index (χ0n) is 20.8. The van der Waals surface area contributed by atoms with Gasteiger partial charge in [-0.25, -0.2) is 4.79 Å². The maximum absolute atomic E-state index is 13.2. The van der Waals surface area contributed by atoms with Gasteiger partial charge in [-0.2, -0.15) is 0 Å². The van der Waals surface area contributed by atoms with Crippen molar-refractivity contribution in [3.05, 3.63) is 60.7 Å². The quantitative estimate of drug-likeness (QED) is 0.404. The number of pyridine rings is 1. The molecule has 0 bridgehead atoms. The van der Waals surface area contributed by atoms with E-state index in [4.69, 9.17) is 22.3 Å². The summed E-state index contributed by atoms with van der Waals surface area (Å²) in [4.78, 5) is 31.3. The average molecular weight is 653 g/mol. The number of likely N-dealkylation sites (tertiary alicyclic amines) is 1. The largest absolute Gasteiger partial charge is 0.352 e. The number of rotatable bonds is 4. The van der Waals surface area contributed by atoms with Gasteiger partial charge in [-0.15, -0.1) is 0 Å². The lowest BCUT2D eigenvalue weighted by Gasteiger charge is -2.38. The first-order valence-electron chi connectivity index (χ1n) is 13.2. The van der Waals surface area contributed by atoms with Gasteiger partial charge in [0, 0.05) is 51.6 Å². The van der Waals surface area contributed by atoms with Crippen molar-refractivity contribution >= 4 is 55.4 Å². The first kappa shape index (κ1) is 26.9. The Morgan fingerprint density at radius 3 is 2.43 bits per heavy atom. The van der Waals surface area contributed by atoms with E-state index in [0.717, 1.165) is 84.1 Å². The third-order valence-corrected chi connectivity index (χ3v) is 9.75. The minimum atomic E-state index is -0.459. The predicted molar refractivity (Wildman–Crippen MR) is 153 cm³/mol. The van der Waals surface area contributed by atoms with E-state index in [-0.39, 0.29) is 17.9 Å². The molecule has 3 aliphatic rings. The summed E-state index contributed by atoms with van der Waals surface area (Å²) in [5.74, 6) is 1.24. The van der Waals surface area contributed by atoms with Gasteiger partial charge in [0.2, 0.25) is 5.91 Å². The number of aromatic nitrogens is 1. The Morgan fingerprint density at radius 2 is 1.73 bits per heavy atom. The van der Waals surface area contributed by atoms with Crippen LogP contribution in [0, 0.1) is 11.8 Å². The molecular formula is C28H33Br2ClN4O2. The van der Waals surface area contributed by atoms with E-state index in [1.165, 1.54) is 16.7 Å². The number of urea groups is 1. The van der Waals surface area contributed by atoms with Crippen molar-refractivity contribution in [1.82, 2.24) is 15.2 Å². The summed E-state index contributed by atoms with van der Waals surface area (Å²) in [6.45, 7) is 1.57. The maximum Gasteiger partial charge on any atom is 0.312 e. The first-order valence-corrected chi connectivity index (χ1v) is 15.2. The minimum absolute atomic E-state index is 0.147. The van der Waals surface area contributed by atoms with E-state index in [2.05, 4.69) is 54.2 Å². The lowest BCUT2D eigenvalue weighted by Crippen LogP contribution is -2.42. The summed E-state index contributed by atoms with van der Waals surface area (Å²) in [5, 5.41) is 3.56. The molecule has 2 heterocycles. The number of nitrogens with two attached hydrogens (primary N) is 1. The molecular weight excluding hydrogens is 620 g/mol. The van der Waals surface area contributed by atoms with Gasteiger partial charge >= 0.3 is 6.03 Å². The zero-order valence-corrected chi connectivity index (χ0v) is 24.7. The Labute approximate surface area is 240 Å². The fourth-order valence-electron chi connectivity index (χ4n) is 6.60. The fourth-order valence-corrected chi connectivity index (χ4v) is 8.10. The Bertz CT molecular complexity index is 1180. The molecule has 1 aromatic heterocycles. The molecule has 2 aromatic rings. The average Bonchev–Trinajstić information content (AvgIpc) is 3.02. The molecule has 3 N–H and O–H groups in total. The number of hydrogen-bond donors (Lipinski definition) is 2. The zero-order chi connectivity index (χ0) is 26.1. The van der Waals surface area contributed by atoms with E-state index in [9.17, 15) is 9.59 Å². The summed E-state index contributed by atoms with van der Waals surface area (Å²) in [6.07, 6.45) is 10.00. The topological polar surface area (TPSA) is 88.3 Å². The first-order chi connectivity index (χ1) is 17.8. The molecule has 37 heavy (non-hydrogen) atoms. The molecule has 0 spiro atoms. The summed E-state index contributed by atoms with van der Waals surface area (Å²) in [7, 11) is 0. The molecule has 0 radical (unpaired) electrons. The Hall–Kier alpha value is -1.64. The van der Waals surface area contributed by atoms with Crippen molar-refractivity contribution in [2.45, 2.75) is 69.7 Å². The van der Waals surface area contributed by atoms with E-state index in [1.807, 2.05) is 12.3 Å². The van der Waals surface area contributed by atoms with Crippen LogP contribution in [0.25, 0.3) is 0 Å². The molecule has 2 fully saturated rings. The number of halogens is 3. The van der Waals surface area contributed by atoms with Gasteiger partial charge in [0.15, 0.2) is 0 Å². The highest BCUT2D eigenvalue weighted by Gasteiger charge is 2.36. The molecule has 0 unspecified atom stereocenters. The third kappa shape index (κ3) is 6.17. The number of benzene rings is 1. The van der Waals surface area contributed by atoms with E-state index in [1.54, 1.807) is 0 Å². The Balaban J connectivity index is 1.27. The number of primary amides is 1. The number of nitrogens with zero attached hydrogens (tertiary/aromatic N) is 2. The lowest BCUT2D eigenvalue weighted by atomic mass is 9.76. The van der Waals surface area contributed by atoms with Crippen molar-refractivity contribution in [2.24, 2.45) is 17.6 Å². The standard InChI is InChI=1S/C28H33Br2ClN4O2/c29-20-12-19-4-3-18-13-21(31)14-23(30)25(18)26(27(19)33-15-20)17-7-9-35(10-8-17)24(36)11-16-1-5-22(6-2-16)34-28(32)37/h12-17,22,26H,1-11H2,(H3,32,34,37)/t16?,22?,26-/m1/s1. The summed E-state index contributed by atoms with van der Waals surface area (Å²) in [5.41, 5.74) is 10.3. The highest BCUT2D eigenvalue weighted by atomic mass is 79.9. The van der Waals surface area contributed by atoms with Crippen LogP contribution in [0.1, 0.15) is 73.2 Å². The van der Waals surface area contributed by atoms with Crippen LogP contribution in [-0.2, 0) is 17.6 Å². The van der Waals surface area contributed by atoms with Gasteiger partial charge in [-0.1, -0.05) is 27.5 Å². The summed E-state index contributed by atoms with van der Waals surface area (Å²) in [6, 6.07) is 6.02. The van der Waals surface area contributed by atoms with Crippen LogP contribution in [-0.4, -0.2) is 41.0 Å². The number of aryl methyl sites for hydroxylation is 2. The van der Waals surface area contributed by atoms with Gasteiger partial charge in [-0.05, 0) is 114 Å². The number of nitrogens with one attached hydrogen (secondary N) is 1. The van der Waals surface area contributed by atoms with E-state index < -0.39 is 6.03 Å². The summed E-state index contributed by atoms with van der Waals surface area (Å²) >= 11 is 13.9. The third-order valence-electron chi connectivity index (χ3n) is 8.44. The molecule has 198 valence electrons. The number of carbonyl (C=O) groups is 2. The van der Waals surface area contributed by atoms with Crippen molar-refractivity contribution in [2.75, 3.05) is 13.1 Å². The second kappa shape index (κ2) is 11.6. The molecule has 1 saturated carbocycles. The molecule has 1 aliphatic heterocycles. The van der Waals surface area contributed by atoms with Crippen molar-refractivity contribution in [3.8, 4) is 0 Å². The van der Waals surface area contributed by atoms with Crippen LogP contribution in [0.4, 0.5) is 4.79 Å². The Kier molecular flexibility index (Phi) is 8.46. The normalized spacial score (nSPS) is 24.1. The van der Waals surface area contributed by atoms with Crippen LogP contribution >= 0.6 is 43.5 Å². The number of carbonyl (C=O) groups excluding carboxylic acids is 2. The molecule has 3 amide bonds. The smallest absolute Gasteiger partial charge is 0.312 e. The molecule has 1 aromatic carbocycles. The van der Waals surface area contributed by atoms with Gasteiger partial charge in [0.05, 0.1) is 5.69 Å². The van der Waals surface area contributed by atoms with E-state index >= 15 is 0 Å². The molecule has 2 aliphatic carbocycles. The predicted octanol–water partition coefficient (Wildman–Crippen LogP) is 6.35. The molecule has 5 rings (SSSR count). The Morgan fingerprint density at radius 1 is 1.03 bits per heavy atom. The highest BCUT2D eigenvalue weighted by molar-refractivity contribution is 9.10. The summed E-state index contributed by atoms with van der Waals surface area (Å²) < 4.78 is 2.06. The van der Waals surface area contributed by atoms with Gasteiger partial charge < -0.3 is 16.0 Å². The molecule has 1 saturated heterocycles. The van der Waals surface area contributed by atoms with Crippen LogP contribution in [0.2, 0.25) is 5.02 Å². The maximum atomic E-state index is 13.2. The number of hydrogen-bond acceptors (Lipinski definition) is 3. The van der Waals surface area contributed by atoms with Crippen molar-refractivity contribution in [1.29, 1.82) is 0 Å². The van der Waals surface area contributed by atoms with Gasteiger partial charge in [0.1, 0.15) is 0 Å². The van der Waals surface area contributed by atoms with Crippen LogP contribution in [0.15, 0.2) is 33.3 Å². The van der Waals surface area contributed by atoms with Gasteiger partial charge in [-0.3, -0.25) is 9.78 Å². The van der Waals surface area contributed by atoms with Gasteiger partial charge in [0.25, 0.3) is 0 Å². The molecule has 9 heteroatoms. The fraction of sp³-hybridized carbons (Fsp3) is 0.536. The SMILES string of the molecule is NC(=O)NC1CCC(CC(=O)N2CCC([C@H]3c4ncc(Br)cc4CCc4cc(Cl)cc(Br)c43)CC2)CC1. The number of piperidine rings is 1. The molecule has 1 atom stereocenters. The van der Waals surface area contributed by atoms with Crippen molar-refractivity contribution in [3.63, 3.8) is 0 Å². The minimum Gasteiger partial charge on any atom is -0.352 e. The lowest BCUT2D eigenvalue weighted by molar-refractivity contribution is -0.134. The van der Waals surface area contributed by atoms with Crippen LogP contribution in [0.5, 0.6) is 0 Å². The highest BCUT2D eigenvalue weighted by Crippen LogP contribution is 2.46.